The van der Waals surface area contributed by atoms with Crippen LogP contribution in [0.2, 0.25) is 0 Å². The molecule has 164 valence electrons. The highest BCUT2D eigenvalue weighted by Gasteiger charge is 2.48. The van der Waals surface area contributed by atoms with Crippen molar-refractivity contribution < 1.29 is 14.4 Å². The van der Waals surface area contributed by atoms with E-state index in [1.165, 1.54) is 0 Å². The summed E-state index contributed by atoms with van der Waals surface area (Å²) in [7, 11) is 0. The SMILES string of the molecule is C[C@@]1(c2ccc(C#N)cc2)NC(=O)N(CCC(=O)Nc2ccccc2-c2ccccc2)C1=O. The first-order valence-electron chi connectivity index (χ1n) is 10.5. The molecule has 2 N–H and O–H groups in total. The maximum absolute atomic E-state index is 13.0. The van der Waals surface area contributed by atoms with Crippen LogP contribution >= 0.6 is 0 Å². The lowest BCUT2D eigenvalue weighted by Gasteiger charge is -2.22. The smallest absolute Gasteiger partial charge is 0.325 e. The summed E-state index contributed by atoms with van der Waals surface area (Å²) in [5, 5.41) is 14.6. The van der Waals surface area contributed by atoms with E-state index in [-0.39, 0.29) is 18.9 Å². The molecule has 4 rings (SSSR count). The Hall–Kier alpha value is -4.44. The predicted molar refractivity (Wildman–Crippen MR) is 124 cm³/mol. The minimum atomic E-state index is -1.25. The van der Waals surface area contributed by atoms with Crippen molar-refractivity contribution in [2.75, 3.05) is 11.9 Å². The molecule has 0 saturated carbocycles. The molecule has 1 fully saturated rings. The summed E-state index contributed by atoms with van der Waals surface area (Å²) in [6.07, 6.45) is -0.0360. The molecule has 0 bridgehead atoms. The Morgan fingerprint density at radius 1 is 1.00 bits per heavy atom. The fourth-order valence-electron chi connectivity index (χ4n) is 3.86. The normalized spacial score (nSPS) is 17.4. The summed E-state index contributed by atoms with van der Waals surface area (Å²) in [4.78, 5) is 39.3. The number of nitrogens with one attached hydrogen (secondary N) is 2. The van der Waals surface area contributed by atoms with Gasteiger partial charge in [0.2, 0.25) is 5.91 Å². The lowest BCUT2D eigenvalue weighted by Crippen LogP contribution is -2.41. The van der Waals surface area contributed by atoms with Crippen LogP contribution < -0.4 is 10.6 Å². The molecular formula is C26H22N4O3. The lowest BCUT2D eigenvalue weighted by molar-refractivity contribution is -0.131. The summed E-state index contributed by atoms with van der Waals surface area (Å²) in [5.41, 5.74) is 2.30. The second-order valence-electron chi connectivity index (χ2n) is 7.91. The molecule has 0 aliphatic carbocycles. The van der Waals surface area contributed by atoms with Gasteiger partial charge >= 0.3 is 6.03 Å². The van der Waals surface area contributed by atoms with Crippen LogP contribution in [0.1, 0.15) is 24.5 Å². The Morgan fingerprint density at radius 3 is 2.36 bits per heavy atom. The Balaban J connectivity index is 1.43. The Labute approximate surface area is 191 Å². The van der Waals surface area contributed by atoms with E-state index in [0.29, 0.717) is 16.8 Å². The number of hydrogen-bond acceptors (Lipinski definition) is 4. The van der Waals surface area contributed by atoms with Crippen molar-refractivity contribution in [3.8, 4) is 17.2 Å². The third-order valence-electron chi connectivity index (χ3n) is 5.71. The molecule has 3 aromatic rings. The number of benzene rings is 3. The van der Waals surface area contributed by atoms with Crippen molar-refractivity contribution in [2.45, 2.75) is 18.9 Å². The fourth-order valence-corrected chi connectivity index (χ4v) is 3.86. The van der Waals surface area contributed by atoms with Crippen molar-refractivity contribution in [3.05, 3.63) is 90.0 Å². The van der Waals surface area contributed by atoms with Crippen LogP contribution in [-0.4, -0.2) is 29.3 Å². The standard InChI is InChI=1S/C26H22N4O3/c1-26(20-13-11-18(17-27)12-14-20)24(32)30(25(33)29-26)16-15-23(31)28-22-10-6-5-9-21(22)19-7-3-2-4-8-19/h2-14H,15-16H2,1H3,(H,28,31)(H,29,33)/t26-/m0/s1. The summed E-state index contributed by atoms with van der Waals surface area (Å²) >= 11 is 0. The van der Waals surface area contributed by atoms with E-state index in [1.807, 2.05) is 60.7 Å². The molecule has 7 heteroatoms. The first-order chi connectivity index (χ1) is 15.9. The average molecular weight is 438 g/mol. The number of amides is 4. The van der Waals surface area contributed by atoms with Gasteiger partial charge in [-0.1, -0.05) is 60.7 Å². The zero-order valence-electron chi connectivity index (χ0n) is 18.0. The molecule has 0 unspecified atom stereocenters. The third-order valence-corrected chi connectivity index (χ3v) is 5.71. The molecule has 33 heavy (non-hydrogen) atoms. The van der Waals surface area contributed by atoms with Gasteiger partial charge in [-0.05, 0) is 36.2 Å². The Morgan fingerprint density at radius 2 is 1.67 bits per heavy atom. The van der Waals surface area contributed by atoms with Crippen molar-refractivity contribution in [2.24, 2.45) is 0 Å². The van der Waals surface area contributed by atoms with Gasteiger partial charge in [0, 0.05) is 24.2 Å². The van der Waals surface area contributed by atoms with E-state index >= 15 is 0 Å². The molecule has 0 aromatic heterocycles. The van der Waals surface area contributed by atoms with Crippen LogP contribution in [0.5, 0.6) is 0 Å². The second kappa shape index (κ2) is 8.97. The molecule has 1 saturated heterocycles. The monoisotopic (exact) mass is 438 g/mol. The molecular weight excluding hydrogens is 416 g/mol. The zero-order chi connectivity index (χ0) is 23.4. The minimum Gasteiger partial charge on any atom is -0.325 e. The van der Waals surface area contributed by atoms with Gasteiger partial charge in [0.15, 0.2) is 0 Å². The van der Waals surface area contributed by atoms with Gasteiger partial charge in [0.05, 0.1) is 11.6 Å². The molecule has 1 heterocycles. The highest BCUT2D eigenvalue weighted by molar-refractivity contribution is 6.07. The third kappa shape index (κ3) is 4.32. The van der Waals surface area contributed by atoms with E-state index in [4.69, 9.17) is 5.26 Å². The number of nitrogens with zero attached hydrogens (tertiary/aromatic N) is 2. The number of urea groups is 1. The van der Waals surface area contributed by atoms with Gasteiger partial charge in [0.25, 0.3) is 5.91 Å². The average Bonchev–Trinajstić information content (AvgIpc) is 3.07. The molecule has 1 aliphatic rings. The van der Waals surface area contributed by atoms with Gasteiger partial charge in [-0.25, -0.2) is 4.79 Å². The summed E-state index contributed by atoms with van der Waals surface area (Å²) < 4.78 is 0. The van der Waals surface area contributed by atoms with Crippen molar-refractivity contribution in [3.63, 3.8) is 0 Å². The van der Waals surface area contributed by atoms with Crippen molar-refractivity contribution in [1.29, 1.82) is 5.26 Å². The summed E-state index contributed by atoms with van der Waals surface area (Å²) in [6, 6.07) is 25.1. The first kappa shape index (κ1) is 21.8. The molecule has 4 amide bonds. The van der Waals surface area contributed by atoms with Crippen LogP contribution in [0.25, 0.3) is 11.1 Å². The lowest BCUT2D eigenvalue weighted by atomic mass is 9.91. The van der Waals surface area contributed by atoms with E-state index in [2.05, 4.69) is 10.6 Å². The quantitative estimate of drug-likeness (QED) is 0.568. The summed E-state index contributed by atoms with van der Waals surface area (Å²) in [5.74, 6) is -0.736. The largest absolute Gasteiger partial charge is 0.325 e. The van der Waals surface area contributed by atoms with Gasteiger partial charge in [0.1, 0.15) is 5.54 Å². The number of para-hydroxylation sites is 1. The van der Waals surface area contributed by atoms with Crippen molar-refractivity contribution in [1.82, 2.24) is 10.2 Å². The van der Waals surface area contributed by atoms with Gasteiger partial charge in [-0.3, -0.25) is 14.5 Å². The number of rotatable bonds is 6. The number of imide groups is 1. The maximum atomic E-state index is 13.0. The number of carbonyl (C=O) groups excluding carboxylic acids is 3. The van der Waals surface area contributed by atoms with Crippen molar-refractivity contribution >= 4 is 23.5 Å². The van der Waals surface area contributed by atoms with Gasteiger partial charge in [-0.15, -0.1) is 0 Å². The minimum absolute atomic E-state index is 0.0360. The zero-order valence-corrected chi connectivity index (χ0v) is 18.0. The van der Waals surface area contributed by atoms with Crippen LogP contribution in [-0.2, 0) is 15.1 Å². The number of anilines is 1. The number of nitriles is 1. The number of carbonyl (C=O) groups is 3. The summed E-state index contributed by atoms with van der Waals surface area (Å²) in [6.45, 7) is 1.57. The van der Waals surface area contributed by atoms with Crippen LogP contribution in [0, 0.1) is 11.3 Å². The van der Waals surface area contributed by atoms with Crippen LogP contribution in [0.4, 0.5) is 10.5 Å². The molecule has 0 spiro atoms. The number of hydrogen-bond donors (Lipinski definition) is 2. The highest BCUT2D eigenvalue weighted by Crippen LogP contribution is 2.30. The highest BCUT2D eigenvalue weighted by atomic mass is 16.2. The van der Waals surface area contributed by atoms with E-state index in [1.54, 1.807) is 31.2 Å². The topological polar surface area (TPSA) is 102 Å². The van der Waals surface area contributed by atoms with Crippen LogP contribution in [0.15, 0.2) is 78.9 Å². The molecule has 7 nitrogen and oxygen atoms in total. The van der Waals surface area contributed by atoms with E-state index < -0.39 is 17.5 Å². The Kier molecular flexibility index (Phi) is 5.92. The second-order valence-corrected chi connectivity index (χ2v) is 7.91. The van der Waals surface area contributed by atoms with Gasteiger partial charge in [-0.2, -0.15) is 5.26 Å². The first-order valence-corrected chi connectivity index (χ1v) is 10.5. The maximum Gasteiger partial charge on any atom is 0.325 e. The van der Waals surface area contributed by atoms with Crippen LogP contribution in [0.3, 0.4) is 0 Å². The Bertz CT molecular complexity index is 1250. The van der Waals surface area contributed by atoms with E-state index in [9.17, 15) is 14.4 Å². The molecule has 3 aromatic carbocycles. The molecule has 0 radical (unpaired) electrons. The fraction of sp³-hybridized carbons (Fsp3) is 0.154. The molecule has 1 atom stereocenters. The van der Waals surface area contributed by atoms with Gasteiger partial charge < -0.3 is 10.6 Å². The van der Waals surface area contributed by atoms with E-state index in [0.717, 1.165) is 16.0 Å². The molecule has 1 aliphatic heterocycles. The predicted octanol–water partition coefficient (Wildman–Crippen LogP) is 4.02.